The van der Waals surface area contributed by atoms with Crippen molar-refractivity contribution in [3.8, 4) is 0 Å². The second-order valence-electron chi connectivity index (χ2n) is 6.66. The summed E-state index contributed by atoms with van der Waals surface area (Å²) in [6.45, 7) is 6.01. The summed E-state index contributed by atoms with van der Waals surface area (Å²) < 4.78 is 5.40. The van der Waals surface area contributed by atoms with Crippen LogP contribution < -0.4 is 9.80 Å². The fourth-order valence-corrected chi connectivity index (χ4v) is 3.53. The molecule has 3 heterocycles. The highest BCUT2D eigenvalue weighted by Crippen LogP contribution is 2.21. The van der Waals surface area contributed by atoms with Crippen molar-refractivity contribution in [2.24, 2.45) is 0 Å². The predicted molar refractivity (Wildman–Crippen MR) is 105 cm³/mol. The van der Waals surface area contributed by atoms with Gasteiger partial charge in [0.05, 0.1) is 25.1 Å². The summed E-state index contributed by atoms with van der Waals surface area (Å²) in [4.78, 5) is 19.0. The van der Waals surface area contributed by atoms with Gasteiger partial charge in [-0.3, -0.25) is 4.79 Å². The second-order valence-corrected chi connectivity index (χ2v) is 7.09. The third kappa shape index (κ3) is 4.14. The number of ether oxygens (including phenoxy) is 1. The lowest BCUT2D eigenvalue weighted by Gasteiger charge is -2.36. The second kappa shape index (κ2) is 8.10. The molecule has 1 amide bonds. The third-order valence-electron chi connectivity index (χ3n) is 4.99. The van der Waals surface area contributed by atoms with Crippen LogP contribution >= 0.6 is 11.6 Å². The molecule has 2 aliphatic heterocycles. The van der Waals surface area contributed by atoms with Gasteiger partial charge in [0.25, 0.3) is 5.91 Å². The maximum atomic E-state index is 12.6. The maximum Gasteiger partial charge on any atom is 0.253 e. The van der Waals surface area contributed by atoms with E-state index in [1.54, 1.807) is 30.5 Å². The first-order chi connectivity index (χ1) is 13.2. The van der Waals surface area contributed by atoms with Gasteiger partial charge in [0.2, 0.25) is 0 Å². The van der Waals surface area contributed by atoms with Gasteiger partial charge in [0.1, 0.15) is 0 Å². The molecule has 7 nitrogen and oxygen atoms in total. The Hall–Kier alpha value is -2.38. The highest BCUT2D eigenvalue weighted by atomic mass is 35.5. The number of carbonyl (C=O) groups is 1. The molecule has 0 unspecified atom stereocenters. The number of nitrogens with zero attached hydrogens (tertiary/aromatic N) is 5. The molecule has 0 N–H and O–H groups in total. The smallest absolute Gasteiger partial charge is 0.253 e. The van der Waals surface area contributed by atoms with Crippen LogP contribution in [0.3, 0.4) is 0 Å². The molecule has 0 bridgehead atoms. The van der Waals surface area contributed by atoms with E-state index in [0.29, 0.717) is 23.7 Å². The Bertz CT molecular complexity index is 787. The minimum atomic E-state index is 0.0492. The molecule has 27 heavy (non-hydrogen) atoms. The van der Waals surface area contributed by atoms with Gasteiger partial charge in [0, 0.05) is 55.9 Å². The van der Waals surface area contributed by atoms with Gasteiger partial charge < -0.3 is 19.4 Å². The third-order valence-corrected chi connectivity index (χ3v) is 5.24. The molecular weight excluding hydrogens is 366 g/mol. The molecule has 2 fully saturated rings. The number of amides is 1. The Labute approximate surface area is 163 Å². The molecule has 142 valence electrons. The largest absolute Gasteiger partial charge is 0.378 e. The van der Waals surface area contributed by atoms with Crippen molar-refractivity contribution in [1.82, 2.24) is 15.1 Å². The Morgan fingerprint density at radius 2 is 1.67 bits per heavy atom. The number of carbonyl (C=O) groups excluding carboxylic acids is 1. The van der Waals surface area contributed by atoms with Gasteiger partial charge in [-0.15, -0.1) is 5.10 Å². The molecular formula is C19H22ClN5O2. The molecule has 2 aliphatic rings. The predicted octanol–water partition coefficient (Wildman–Crippen LogP) is 1.93. The quantitative estimate of drug-likeness (QED) is 0.802. The van der Waals surface area contributed by atoms with E-state index in [0.717, 1.165) is 50.9 Å². The summed E-state index contributed by atoms with van der Waals surface area (Å²) in [6, 6.07) is 9.13. The summed E-state index contributed by atoms with van der Waals surface area (Å²) in [5.41, 5.74) is 1.72. The lowest BCUT2D eigenvalue weighted by molar-refractivity contribution is 0.0747. The van der Waals surface area contributed by atoms with E-state index >= 15 is 0 Å². The van der Waals surface area contributed by atoms with E-state index in [2.05, 4.69) is 26.1 Å². The summed E-state index contributed by atoms with van der Waals surface area (Å²) in [7, 11) is 0. The Morgan fingerprint density at radius 1 is 0.963 bits per heavy atom. The molecule has 1 aromatic carbocycles. The van der Waals surface area contributed by atoms with Crippen LogP contribution in [0.25, 0.3) is 0 Å². The highest BCUT2D eigenvalue weighted by Gasteiger charge is 2.23. The zero-order valence-corrected chi connectivity index (χ0v) is 15.8. The highest BCUT2D eigenvalue weighted by molar-refractivity contribution is 6.30. The number of anilines is 2. The van der Waals surface area contributed by atoms with Crippen LogP contribution in [0.15, 0.2) is 36.5 Å². The summed E-state index contributed by atoms with van der Waals surface area (Å²) in [5.74, 6) is 0.934. The first-order valence-electron chi connectivity index (χ1n) is 9.16. The normalized spacial score (nSPS) is 17.9. The minimum Gasteiger partial charge on any atom is -0.378 e. The number of aromatic nitrogens is 2. The summed E-state index contributed by atoms with van der Waals surface area (Å²) in [6.07, 6.45) is 1.79. The van der Waals surface area contributed by atoms with E-state index in [1.807, 2.05) is 4.90 Å². The van der Waals surface area contributed by atoms with E-state index in [1.165, 1.54) is 0 Å². The molecule has 0 aliphatic carbocycles. The minimum absolute atomic E-state index is 0.0492. The van der Waals surface area contributed by atoms with Crippen LogP contribution in [0.4, 0.5) is 11.5 Å². The van der Waals surface area contributed by atoms with Gasteiger partial charge in [0.15, 0.2) is 5.82 Å². The molecule has 1 aromatic heterocycles. The Morgan fingerprint density at radius 3 is 2.37 bits per heavy atom. The van der Waals surface area contributed by atoms with Crippen molar-refractivity contribution in [3.63, 3.8) is 0 Å². The van der Waals surface area contributed by atoms with E-state index in [9.17, 15) is 4.79 Å². The van der Waals surface area contributed by atoms with Crippen molar-refractivity contribution in [2.45, 2.75) is 0 Å². The van der Waals surface area contributed by atoms with Crippen LogP contribution in [0.2, 0.25) is 5.02 Å². The number of hydrogen-bond acceptors (Lipinski definition) is 6. The number of morpholine rings is 1. The van der Waals surface area contributed by atoms with Crippen molar-refractivity contribution in [1.29, 1.82) is 0 Å². The first-order valence-corrected chi connectivity index (χ1v) is 9.54. The van der Waals surface area contributed by atoms with Gasteiger partial charge in [-0.1, -0.05) is 11.6 Å². The van der Waals surface area contributed by atoms with Gasteiger partial charge in [-0.05, 0) is 24.3 Å². The van der Waals surface area contributed by atoms with Crippen molar-refractivity contribution in [3.05, 3.63) is 47.1 Å². The average Bonchev–Trinajstić information content (AvgIpc) is 2.75. The Balaban J connectivity index is 1.39. The van der Waals surface area contributed by atoms with Gasteiger partial charge in [-0.25, -0.2) is 0 Å². The van der Waals surface area contributed by atoms with Crippen LogP contribution in [0, 0.1) is 0 Å². The maximum absolute atomic E-state index is 12.6. The zero-order chi connectivity index (χ0) is 18.6. The molecule has 0 saturated carbocycles. The molecule has 0 spiro atoms. The van der Waals surface area contributed by atoms with Crippen LogP contribution in [0.1, 0.15) is 10.4 Å². The summed E-state index contributed by atoms with van der Waals surface area (Å²) in [5, 5.41) is 9.08. The summed E-state index contributed by atoms with van der Waals surface area (Å²) >= 11 is 5.90. The molecule has 4 rings (SSSR count). The lowest BCUT2D eigenvalue weighted by Crippen LogP contribution is -2.49. The van der Waals surface area contributed by atoms with E-state index in [-0.39, 0.29) is 5.91 Å². The van der Waals surface area contributed by atoms with Crippen LogP contribution in [0.5, 0.6) is 0 Å². The lowest BCUT2D eigenvalue weighted by atomic mass is 10.2. The average molecular weight is 388 g/mol. The monoisotopic (exact) mass is 387 g/mol. The fourth-order valence-electron chi connectivity index (χ4n) is 3.41. The first kappa shape index (κ1) is 18.0. The van der Waals surface area contributed by atoms with Crippen molar-refractivity contribution < 1.29 is 9.53 Å². The Kier molecular flexibility index (Phi) is 5.40. The number of piperazine rings is 1. The van der Waals surface area contributed by atoms with E-state index < -0.39 is 0 Å². The molecule has 0 atom stereocenters. The SMILES string of the molecule is O=C(c1ccc(Cl)cc1)N1CCN(c2cnnc(N3CCOCC3)c2)CC1. The molecule has 8 heteroatoms. The van der Waals surface area contributed by atoms with Gasteiger partial charge >= 0.3 is 0 Å². The van der Waals surface area contributed by atoms with Crippen molar-refractivity contribution in [2.75, 3.05) is 62.3 Å². The number of halogens is 1. The zero-order valence-electron chi connectivity index (χ0n) is 15.1. The van der Waals surface area contributed by atoms with Crippen molar-refractivity contribution >= 4 is 29.0 Å². The molecule has 0 radical (unpaired) electrons. The number of hydrogen-bond donors (Lipinski definition) is 0. The van der Waals surface area contributed by atoms with Gasteiger partial charge in [-0.2, -0.15) is 5.10 Å². The standard InChI is InChI=1S/C19H22ClN5O2/c20-16-3-1-15(2-4-16)19(26)25-7-5-23(6-8-25)17-13-18(22-21-14-17)24-9-11-27-12-10-24/h1-4,13-14H,5-12H2. The topological polar surface area (TPSA) is 61.8 Å². The fraction of sp³-hybridized carbons (Fsp3) is 0.421. The molecule has 2 saturated heterocycles. The van der Waals surface area contributed by atoms with E-state index in [4.69, 9.17) is 16.3 Å². The van der Waals surface area contributed by atoms with Crippen LogP contribution in [-0.2, 0) is 4.74 Å². The molecule has 2 aromatic rings. The number of benzene rings is 1. The number of rotatable bonds is 3. The van der Waals surface area contributed by atoms with Crippen LogP contribution in [-0.4, -0.2) is 73.5 Å².